The Morgan fingerprint density at radius 3 is 2.85 bits per heavy atom. The number of benzene rings is 1. The predicted molar refractivity (Wildman–Crippen MR) is 77.5 cm³/mol. The lowest BCUT2D eigenvalue weighted by Crippen LogP contribution is -2.17. The van der Waals surface area contributed by atoms with E-state index in [0.717, 1.165) is 5.56 Å². The fraction of sp³-hybridized carbons (Fsp3) is 0.286. The maximum absolute atomic E-state index is 12.3. The lowest BCUT2D eigenvalue weighted by Gasteiger charge is -2.08. The number of anilines is 2. The number of nitrogens with zero attached hydrogens (tertiary/aromatic N) is 2. The molecule has 2 aromatic rings. The zero-order chi connectivity index (χ0) is 14.7. The molecule has 20 heavy (non-hydrogen) atoms. The van der Waals surface area contributed by atoms with Crippen molar-refractivity contribution < 1.29 is 9.53 Å². The van der Waals surface area contributed by atoms with Crippen LogP contribution in [-0.2, 0) is 18.4 Å². The van der Waals surface area contributed by atoms with Crippen molar-refractivity contribution in [1.29, 1.82) is 0 Å². The molecule has 1 heterocycles. The maximum Gasteiger partial charge on any atom is 0.276 e. The number of aryl methyl sites for hydroxylation is 2. The molecule has 0 atom stereocenters. The average molecular weight is 274 g/mol. The molecule has 1 amide bonds. The molecule has 3 N–H and O–H groups in total. The summed E-state index contributed by atoms with van der Waals surface area (Å²) in [5, 5.41) is 6.95. The summed E-state index contributed by atoms with van der Waals surface area (Å²) in [7, 11) is 3.32. The summed E-state index contributed by atoms with van der Waals surface area (Å²) >= 11 is 0. The summed E-state index contributed by atoms with van der Waals surface area (Å²) in [6.45, 7) is 2.27. The van der Waals surface area contributed by atoms with Gasteiger partial charge in [0.25, 0.3) is 5.91 Å². The fourth-order valence-corrected chi connectivity index (χ4v) is 2.04. The molecular weight excluding hydrogens is 256 g/mol. The van der Waals surface area contributed by atoms with Crippen molar-refractivity contribution >= 4 is 17.3 Å². The van der Waals surface area contributed by atoms with Gasteiger partial charge in [0.15, 0.2) is 0 Å². The standard InChI is InChI=1S/C14H18N4O2/c1-9-12(15)13(18(2)17-9)14(19)16-11-6-4-5-10(7-11)8-20-3/h4-7H,8,15H2,1-3H3,(H,16,19). The second-order valence-corrected chi connectivity index (χ2v) is 4.56. The van der Waals surface area contributed by atoms with E-state index in [4.69, 9.17) is 10.5 Å². The molecule has 1 aromatic heterocycles. The minimum absolute atomic E-state index is 0.278. The topological polar surface area (TPSA) is 82.2 Å². The first-order chi connectivity index (χ1) is 9.52. The molecular formula is C14H18N4O2. The number of nitrogen functional groups attached to an aromatic ring is 1. The van der Waals surface area contributed by atoms with Crippen LogP contribution in [0.2, 0.25) is 0 Å². The highest BCUT2D eigenvalue weighted by molar-refractivity contribution is 6.06. The van der Waals surface area contributed by atoms with Gasteiger partial charge in [-0.3, -0.25) is 9.48 Å². The van der Waals surface area contributed by atoms with Gasteiger partial charge in [0.05, 0.1) is 18.0 Å². The molecule has 0 saturated heterocycles. The van der Waals surface area contributed by atoms with E-state index in [0.29, 0.717) is 29.4 Å². The van der Waals surface area contributed by atoms with Crippen LogP contribution < -0.4 is 11.1 Å². The molecule has 6 nitrogen and oxygen atoms in total. The Morgan fingerprint density at radius 2 is 2.25 bits per heavy atom. The van der Waals surface area contributed by atoms with Gasteiger partial charge in [0, 0.05) is 19.8 Å². The van der Waals surface area contributed by atoms with Gasteiger partial charge in [-0.05, 0) is 24.6 Å². The van der Waals surface area contributed by atoms with Crippen molar-refractivity contribution in [3.63, 3.8) is 0 Å². The van der Waals surface area contributed by atoms with Crippen LogP contribution >= 0.6 is 0 Å². The number of aromatic nitrogens is 2. The monoisotopic (exact) mass is 274 g/mol. The first-order valence-corrected chi connectivity index (χ1v) is 6.21. The molecule has 0 spiro atoms. The third-order valence-electron chi connectivity index (χ3n) is 2.98. The third-order valence-corrected chi connectivity index (χ3v) is 2.98. The van der Waals surface area contributed by atoms with E-state index >= 15 is 0 Å². The van der Waals surface area contributed by atoms with Crippen molar-refractivity contribution in [2.24, 2.45) is 7.05 Å². The number of nitrogens with two attached hydrogens (primary N) is 1. The van der Waals surface area contributed by atoms with E-state index in [1.165, 1.54) is 4.68 Å². The Balaban J connectivity index is 2.21. The molecule has 106 valence electrons. The predicted octanol–water partition coefficient (Wildman–Crippen LogP) is 1.71. The van der Waals surface area contributed by atoms with Crippen LogP contribution in [0.25, 0.3) is 0 Å². The van der Waals surface area contributed by atoms with Crippen molar-refractivity contribution in [3.8, 4) is 0 Å². The molecule has 2 rings (SSSR count). The summed E-state index contributed by atoms with van der Waals surface area (Å²) < 4.78 is 6.55. The third kappa shape index (κ3) is 2.80. The van der Waals surface area contributed by atoms with E-state index in [9.17, 15) is 4.79 Å². The zero-order valence-corrected chi connectivity index (χ0v) is 11.8. The van der Waals surface area contributed by atoms with Crippen molar-refractivity contribution in [3.05, 3.63) is 41.2 Å². The van der Waals surface area contributed by atoms with Gasteiger partial charge < -0.3 is 15.8 Å². The van der Waals surface area contributed by atoms with Crippen LogP contribution in [0.1, 0.15) is 21.7 Å². The highest BCUT2D eigenvalue weighted by atomic mass is 16.5. The number of hydrogen-bond acceptors (Lipinski definition) is 4. The van der Waals surface area contributed by atoms with Gasteiger partial charge in [-0.1, -0.05) is 12.1 Å². The molecule has 0 bridgehead atoms. The molecule has 0 unspecified atom stereocenters. The number of carbonyl (C=O) groups excluding carboxylic acids is 1. The van der Waals surface area contributed by atoms with Gasteiger partial charge in [-0.25, -0.2) is 0 Å². The minimum atomic E-state index is -0.278. The number of nitrogens with one attached hydrogen (secondary N) is 1. The number of hydrogen-bond donors (Lipinski definition) is 2. The van der Waals surface area contributed by atoms with Gasteiger partial charge >= 0.3 is 0 Å². The summed E-state index contributed by atoms with van der Waals surface area (Å²) in [6.07, 6.45) is 0. The van der Waals surface area contributed by atoms with Gasteiger partial charge in [0.1, 0.15) is 5.69 Å². The van der Waals surface area contributed by atoms with E-state index in [1.807, 2.05) is 24.3 Å². The summed E-state index contributed by atoms with van der Waals surface area (Å²) in [4.78, 5) is 12.3. The highest BCUT2D eigenvalue weighted by Gasteiger charge is 2.17. The molecule has 0 radical (unpaired) electrons. The fourth-order valence-electron chi connectivity index (χ4n) is 2.04. The van der Waals surface area contributed by atoms with E-state index in [-0.39, 0.29) is 5.91 Å². The van der Waals surface area contributed by atoms with Crippen molar-refractivity contribution in [1.82, 2.24) is 9.78 Å². The Bertz CT molecular complexity index is 634. The van der Waals surface area contributed by atoms with Crippen LogP contribution in [0.5, 0.6) is 0 Å². The second kappa shape index (κ2) is 5.75. The molecule has 1 aromatic carbocycles. The Labute approximate surface area is 117 Å². The van der Waals surface area contributed by atoms with E-state index in [1.54, 1.807) is 21.1 Å². The van der Waals surface area contributed by atoms with Crippen molar-refractivity contribution in [2.45, 2.75) is 13.5 Å². The van der Waals surface area contributed by atoms with Crippen LogP contribution in [0, 0.1) is 6.92 Å². The molecule has 0 aliphatic carbocycles. The largest absolute Gasteiger partial charge is 0.395 e. The number of methoxy groups -OCH3 is 1. The van der Waals surface area contributed by atoms with E-state index < -0.39 is 0 Å². The van der Waals surface area contributed by atoms with Crippen LogP contribution in [0.4, 0.5) is 11.4 Å². The number of rotatable bonds is 4. The van der Waals surface area contributed by atoms with Crippen LogP contribution in [-0.4, -0.2) is 22.8 Å². The Morgan fingerprint density at radius 1 is 1.50 bits per heavy atom. The molecule has 0 aliphatic rings. The summed E-state index contributed by atoms with van der Waals surface area (Å²) in [6, 6.07) is 7.47. The lowest BCUT2D eigenvalue weighted by molar-refractivity contribution is 0.101. The summed E-state index contributed by atoms with van der Waals surface area (Å²) in [5.41, 5.74) is 8.96. The minimum Gasteiger partial charge on any atom is -0.395 e. The maximum atomic E-state index is 12.3. The van der Waals surface area contributed by atoms with Crippen molar-refractivity contribution in [2.75, 3.05) is 18.2 Å². The molecule has 0 aliphatic heterocycles. The SMILES string of the molecule is COCc1cccc(NC(=O)c2c(N)c(C)nn2C)c1. The smallest absolute Gasteiger partial charge is 0.276 e. The average Bonchev–Trinajstić information content (AvgIpc) is 2.64. The Kier molecular flexibility index (Phi) is 4.05. The molecule has 0 saturated carbocycles. The molecule has 0 fully saturated rings. The normalized spacial score (nSPS) is 10.6. The lowest BCUT2D eigenvalue weighted by atomic mass is 10.2. The Hall–Kier alpha value is -2.34. The number of ether oxygens (including phenoxy) is 1. The quantitative estimate of drug-likeness (QED) is 0.889. The first-order valence-electron chi connectivity index (χ1n) is 6.21. The van der Waals surface area contributed by atoms with Crippen LogP contribution in [0.15, 0.2) is 24.3 Å². The van der Waals surface area contributed by atoms with Gasteiger partial charge in [0.2, 0.25) is 0 Å². The number of carbonyl (C=O) groups is 1. The van der Waals surface area contributed by atoms with Crippen LogP contribution in [0.3, 0.4) is 0 Å². The highest BCUT2D eigenvalue weighted by Crippen LogP contribution is 2.18. The van der Waals surface area contributed by atoms with Gasteiger partial charge in [-0.15, -0.1) is 0 Å². The number of amides is 1. The summed E-state index contributed by atoms with van der Waals surface area (Å²) in [5.74, 6) is -0.278. The second-order valence-electron chi connectivity index (χ2n) is 4.56. The zero-order valence-electron chi connectivity index (χ0n) is 11.8. The van der Waals surface area contributed by atoms with Gasteiger partial charge in [-0.2, -0.15) is 5.10 Å². The first kappa shape index (κ1) is 14.1. The molecule has 6 heteroatoms. The van der Waals surface area contributed by atoms with E-state index in [2.05, 4.69) is 10.4 Å².